The molecule has 2 aromatic carbocycles. The molecule has 5 N–H and O–H groups in total. The fourth-order valence-electron chi connectivity index (χ4n) is 6.40. The molecular weight excluding hydrogens is 745 g/mol. The lowest BCUT2D eigenvalue weighted by atomic mass is 9.98. The zero-order valence-electron chi connectivity index (χ0n) is 31.2. The number of methoxy groups -OCH3 is 1. The third-order valence-corrected chi connectivity index (χ3v) is 9.67. The molecule has 0 bridgehead atoms. The molecule has 17 nitrogen and oxygen atoms in total. The lowest BCUT2D eigenvalue weighted by molar-refractivity contribution is -0.147. The highest BCUT2D eigenvalue weighted by molar-refractivity contribution is 7.80. The Morgan fingerprint density at radius 3 is 2.05 bits per heavy atom. The van der Waals surface area contributed by atoms with Crippen LogP contribution in [-0.4, -0.2) is 93.0 Å². The summed E-state index contributed by atoms with van der Waals surface area (Å²) in [5, 5.41) is 9.18. The predicted octanol–water partition coefficient (Wildman–Crippen LogP) is 0.857. The molecule has 0 fully saturated rings. The van der Waals surface area contributed by atoms with Gasteiger partial charge in [-0.05, 0) is 61.2 Å². The Morgan fingerprint density at radius 2 is 1.43 bits per heavy atom. The molecule has 18 heteroatoms. The van der Waals surface area contributed by atoms with E-state index in [-0.39, 0.29) is 55.4 Å². The van der Waals surface area contributed by atoms with Gasteiger partial charge in [-0.2, -0.15) is 0 Å². The van der Waals surface area contributed by atoms with Crippen LogP contribution in [-0.2, 0) is 32.2 Å². The summed E-state index contributed by atoms with van der Waals surface area (Å²) in [4.78, 5) is 92.1. The van der Waals surface area contributed by atoms with E-state index in [9.17, 15) is 33.6 Å². The molecule has 296 valence electrons. The number of carbonyl (C=O) groups is 3. The third-order valence-electron chi connectivity index (χ3n) is 9.41. The summed E-state index contributed by atoms with van der Waals surface area (Å²) in [5.74, 6) is -1.36. The van der Waals surface area contributed by atoms with Gasteiger partial charge in [0, 0.05) is 61.7 Å². The van der Waals surface area contributed by atoms with Gasteiger partial charge in [0.1, 0.15) is 19.7 Å². The number of thiocarbonyl (C=S) groups is 1. The first kappa shape index (κ1) is 40.9. The van der Waals surface area contributed by atoms with Gasteiger partial charge in [0.15, 0.2) is 5.11 Å². The number of fused-ring (bicyclic) bond motifs is 3. The normalized spacial score (nSPS) is 12.2. The number of amides is 2. The van der Waals surface area contributed by atoms with Gasteiger partial charge >= 0.3 is 23.4 Å². The van der Waals surface area contributed by atoms with Crippen LogP contribution in [0.3, 0.4) is 0 Å². The number of rotatable bonds is 16. The van der Waals surface area contributed by atoms with Crippen LogP contribution in [0.2, 0.25) is 0 Å². The lowest BCUT2D eigenvalue weighted by Crippen LogP contribution is -2.48. The number of ether oxygens (including phenoxy) is 2. The van der Waals surface area contributed by atoms with E-state index in [1.165, 1.54) is 35.9 Å². The van der Waals surface area contributed by atoms with Crippen molar-refractivity contribution in [3.63, 3.8) is 0 Å². The highest BCUT2D eigenvalue weighted by atomic mass is 32.1. The predicted molar refractivity (Wildman–Crippen MR) is 211 cm³/mol. The first-order valence-corrected chi connectivity index (χ1v) is 18.3. The number of aromatic nitrogens is 4. The van der Waals surface area contributed by atoms with Crippen LogP contribution in [0.15, 0.2) is 80.1 Å². The number of carbonyl (C=O) groups excluding carboxylic acids is 3. The number of benzene rings is 2. The fourth-order valence-corrected chi connectivity index (χ4v) is 6.67. The molecule has 0 aliphatic heterocycles. The monoisotopic (exact) mass is 788 g/mol. The van der Waals surface area contributed by atoms with E-state index in [1.807, 2.05) is 36.4 Å². The summed E-state index contributed by atoms with van der Waals surface area (Å²) in [7, 11) is 1.18. The van der Waals surface area contributed by atoms with Gasteiger partial charge in [0.05, 0.1) is 7.11 Å². The number of esters is 1. The van der Waals surface area contributed by atoms with Crippen LogP contribution in [0.4, 0.5) is 4.79 Å². The minimum absolute atomic E-state index is 0.00705. The molecule has 0 saturated heterocycles. The van der Waals surface area contributed by atoms with Crippen LogP contribution in [0.25, 0.3) is 11.1 Å². The van der Waals surface area contributed by atoms with Gasteiger partial charge in [-0.25, -0.2) is 14.4 Å². The number of aromatic amines is 2. The van der Waals surface area contributed by atoms with Gasteiger partial charge in [-0.1, -0.05) is 48.5 Å². The number of hydrogen-bond donors (Lipinski definition) is 5. The Morgan fingerprint density at radius 1 is 0.839 bits per heavy atom. The van der Waals surface area contributed by atoms with Gasteiger partial charge in [-0.15, -0.1) is 0 Å². The van der Waals surface area contributed by atoms with Crippen molar-refractivity contribution in [1.82, 2.24) is 40.0 Å². The van der Waals surface area contributed by atoms with Gasteiger partial charge < -0.3 is 34.9 Å². The van der Waals surface area contributed by atoms with Crippen molar-refractivity contribution < 1.29 is 23.9 Å². The molecule has 2 aromatic heterocycles. The lowest BCUT2D eigenvalue weighted by Gasteiger charge is -2.24. The number of nitrogens with zero attached hydrogens (tertiary/aromatic N) is 3. The quantitative estimate of drug-likeness (QED) is 0.0789. The highest BCUT2D eigenvalue weighted by Crippen LogP contribution is 2.44. The van der Waals surface area contributed by atoms with Crippen molar-refractivity contribution in [3.8, 4) is 11.1 Å². The second-order valence-corrected chi connectivity index (χ2v) is 13.7. The zero-order chi connectivity index (χ0) is 40.4. The Labute approximate surface area is 326 Å². The van der Waals surface area contributed by atoms with Crippen LogP contribution in [0, 0.1) is 13.8 Å². The first-order chi connectivity index (χ1) is 26.8. The minimum atomic E-state index is -0.770. The molecule has 1 aliphatic carbocycles. The average Bonchev–Trinajstić information content (AvgIpc) is 3.49. The SMILES string of the molecule is COC(=O)CN(CCNC(=S)N[C@H](CCNC(=O)OCC1c2ccccc2-c2ccccc21)CCn1cc(C)c(=O)[nH]c1=O)C(=O)Cn1cc(C)c(=O)[nH]c1=O. The summed E-state index contributed by atoms with van der Waals surface area (Å²) in [6, 6.07) is 15.7. The molecule has 0 radical (unpaired) electrons. The maximum atomic E-state index is 13.2. The Balaban J connectivity index is 1.17. The van der Waals surface area contributed by atoms with Crippen LogP contribution >= 0.6 is 12.2 Å². The highest BCUT2D eigenvalue weighted by Gasteiger charge is 2.29. The van der Waals surface area contributed by atoms with E-state index in [0.29, 0.717) is 18.4 Å². The molecule has 4 aromatic rings. The number of nitrogens with one attached hydrogen (secondary N) is 5. The van der Waals surface area contributed by atoms with E-state index in [2.05, 4.69) is 38.1 Å². The molecule has 0 spiro atoms. The summed E-state index contributed by atoms with van der Waals surface area (Å²) in [6.45, 7) is 2.91. The van der Waals surface area contributed by atoms with E-state index < -0.39 is 53.6 Å². The molecule has 1 aliphatic rings. The molecule has 5 rings (SSSR count). The maximum Gasteiger partial charge on any atom is 0.407 e. The minimum Gasteiger partial charge on any atom is -0.468 e. The van der Waals surface area contributed by atoms with Gasteiger partial charge in [-0.3, -0.25) is 33.7 Å². The van der Waals surface area contributed by atoms with Crippen molar-refractivity contribution in [2.45, 2.75) is 51.7 Å². The Kier molecular flexibility index (Phi) is 13.7. The topological polar surface area (TPSA) is 219 Å². The molecule has 1 atom stereocenters. The van der Waals surface area contributed by atoms with Crippen molar-refractivity contribution >= 4 is 35.3 Å². The van der Waals surface area contributed by atoms with Crippen molar-refractivity contribution in [3.05, 3.63) is 125 Å². The number of hydrogen-bond acceptors (Lipinski definition) is 10. The standard InChI is InChI=1S/C38H44N8O9S/c1-23-18-45(36(51)42-33(23)49)16-13-25(12-14-40-38(53)55-22-30-28-10-6-4-8-26(28)27-9-5-7-11-29(27)30)41-35(56)39-15-17-44(21-32(48)54-3)31(47)20-46-19-24(2)34(50)43-37(46)52/h4-11,18-19,25,30H,12-17,20-22H2,1-3H3,(H,40,53)(H2,39,41,56)(H,42,49,51)(H,43,50,52)/t25-/m1/s1. The maximum absolute atomic E-state index is 13.2. The molecule has 2 amide bonds. The Hall–Kier alpha value is -6.30. The third kappa shape index (κ3) is 10.5. The molecule has 2 heterocycles. The van der Waals surface area contributed by atoms with Crippen molar-refractivity contribution in [2.75, 3.05) is 39.9 Å². The summed E-state index contributed by atoms with van der Waals surface area (Å²) < 4.78 is 12.8. The van der Waals surface area contributed by atoms with Crippen molar-refractivity contribution in [2.24, 2.45) is 0 Å². The van der Waals surface area contributed by atoms with Gasteiger partial charge in [0.25, 0.3) is 11.1 Å². The Bertz CT molecular complexity index is 2290. The van der Waals surface area contributed by atoms with E-state index >= 15 is 0 Å². The molecular formula is C38H44N8O9S. The van der Waals surface area contributed by atoms with E-state index in [0.717, 1.165) is 26.8 Å². The number of aryl methyl sites for hydroxylation is 3. The second kappa shape index (κ2) is 18.8. The van der Waals surface area contributed by atoms with Crippen LogP contribution in [0.5, 0.6) is 0 Å². The molecule has 56 heavy (non-hydrogen) atoms. The number of H-pyrrole nitrogens is 2. The molecule has 0 saturated carbocycles. The van der Waals surface area contributed by atoms with E-state index in [4.69, 9.17) is 21.7 Å². The van der Waals surface area contributed by atoms with Crippen molar-refractivity contribution in [1.29, 1.82) is 0 Å². The fraction of sp³-hybridized carbons (Fsp3) is 0.368. The first-order valence-electron chi connectivity index (χ1n) is 17.9. The smallest absolute Gasteiger partial charge is 0.407 e. The summed E-state index contributed by atoms with van der Waals surface area (Å²) in [6.07, 6.45) is 2.87. The second-order valence-electron chi connectivity index (χ2n) is 13.3. The molecule has 0 unspecified atom stereocenters. The van der Waals surface area contributed by atoms with Gasteiger partial charge in [0.2, 0.25) is 5.91 Å². The summed E-state index contributed by atoms with van der Waals surface area (Å²) in [5.41, 5.74) is 2.66. The zero-order valence-corrected chi connectivity index (χ0v) is 32.0. The summed E-state index contributed by atoms with van der Waals surface area (Å²) >= 11 is 5.55. The number of alkyl carbamates (subject to hydrolysis) is 1. The van der Waals surface area contributed by atoms with Crippen LogP contribution in [0.1, 0.15) is 41.0 Å². The van der Waals surface area contributed by atoms with E-state index in [1.54, 1.807) is 6.92 Å². The average molecular weight is 789 g/mol. The van der Waals surface area contributed by atoms with Crippen LogP contribution < -0.4 is 38.4 Å². The largest absolute Gasteiger partial charge is 0.468 e.